The van der Waals surface area contributed by atoms with E-state index in [1.807, 2.05) is 13.0 Å². The predicted molar refractivity (Wildman–Crippen MR) is 162 cm³/mol. The van der Waals surface area contributed by atoms with Crippen molar-refractivity contribution in [2.24, 2.45) is 0 Å². The quantitative estimate of drug-likeness (QED) is 0.185. The minimum atomic E-state index is -0.861. The Morgan fingerprint density at radius 2 is 1.68 bits per heavy atom. The van der Waals surface area contributed by atoms with Crippen molar-refractivity contribution < 1.29 is 24.2 Å². The van der Waals surface area contributed by atoms with E-state index in [-0.39, 0.29) is 11.8 Å². The van der Waals surface area contributed by atoms with Gasteiger partial charge in [-0.15, -0.1) is 11.6 Å². The third-order valence-corrected chi connectivity index (χ3v) is 7.35. The number of piperidine rings is 1. The number of nitrogens with zero attached hydrogens (tertiary/aromatic N) is 1. The van der Waals surface area contributed by atoms with Crippen molar-refractivity contribution in [1.82, 2.24) is 0 Å². The van der Waals surface area contributed by atoms with Crippen LogP contribution in [0, 0.1) is 13.8 Å². The van der Waals surface area contributed by atoms with Crippen LogP contribution in [0.3, 0.4) is 0 Å². The Hall–Kier alpha value is -2.10. The number of benzene rings is 2. The van der Waals surface area contributed by atoms with Crippen LogP contribution in [0.1, 0.15) is 77.8 Å². The fourth-order valence-electron chi connectivity index (χ4n) is 3.98. The molecule has 3 N–H and O–H groups in total. The van der Waals surface area contributed by atoms with Gasteiger partial charge in [-0.05, 0) is 88.8 Å². The molecule has 1 heterocycles. The molecule has 7 nitrogen and oxygen atoms in total. The number of carbonyl (C=O) groups excluding carboxylic acids is 2. The molecule has 1 unspecified atom stereocenters. The third-order valence-electron chi connectivity index (χ3n) is 6.17. The molecule has 10 heteroatoms. The van der Waals surface area contributed by atoms with Gasteiger partial charge in [0.05, 0.1) is 18.2 Å². The molecule has 0 radical (unpaired) electrons. The molecule has 1 aliphatic rings. The van der Waals surface area contributed by atoms with E-state index in [1.165, 1.54) is 26.4 Å². The van der Waals surface area contributed by atoms with Crippen molar-refractivity contribution >= 4 is 72.6 Å². The number of nitrogen functional groups attached to an aromatic ring is 1. The van der Waals surface area contributed by atoms with Crippen LogP contribution < -0.4 is 10.6 Å². The number of ether oxygens (including phenoxy) is 1. The number of ketones is 1. The number of anilines is 2. The number of nitrogens with two attached hydrogens (primary N) is 1. The SMILES string of the molecule is CC(=O)CCCCl.COC(=O)c1cc(Br)cc(N)c1C.Cc1c(C(=O)O)cc(Br)cc1N1CCCCC1C. The topological polar surface area (TPSA) is 110 Å². The second kappa shape index (κ2) is 16.8. The Bertz CT molecular complexity index is 1130. The molecule has 0 saturated carbocycles. The lowest BCUT2D eigenvalue weighted by atomic mass is 9.99. The Labute approximate surface area is 247 Å². The summed E-state index contributed by atoms with van der Waals surface area (Å²) in [4.78, 5) is 35.0. The largest absolute Gasteiger partial charge is 0.478 e. The van der Waals surface area contributed by atoms with Crippen molar-refractivity contribution in [2.45, 2.75) is 65.8 Å². The normalized spacial score (nSPS) is 14.4. The number of hydrogen-bond donors (Lipinski definition) is 2. The summed E-state index contributed by atoms with van der Waals surface area (Å²) in [7, 11) is 1.35. The van der Waals surface area contributed by atoms with Crippen LogP contribution in [-0.2, 0) is 9.53 Å². The van der Waals surface area contributed by atoms with Crippen molar-refractivity contribution in [2.75, 3.05) is 30.2 Å². The van der Waals surface area contributed by atoms with E-state index < -0.39 is 5.97 Å². The zero-order chi connectivity index (χ0) is 29.0. The van der Waals surface area contributed by atoms with Gasteiger partial charge in [0.25, 0.3) is 0 Å². The Balaban J connectivity index is 0.000000316. The van der Waals surface area contributed by atoms with Crippen LogP contribution in [-0.4, -0.2) is 48.4 Å². The summed E-state index contributed by atoms with van der Waals surface area (Å²) < 4.78 is 6.22. The van der Waals surface area contributed by atoms with Crippen molar-refractivity contribution in [1.29, 1.82) is 0 Å². The molecule has 0 aliphatic carbocycles. The van der Waals surface area contributed by atoms with Crippen molar-refractivity contribution in [3.63, 3.8) is 0 Å². The van der Waals surface area contributed by atoms with E-state index in [0.717, 1.165) is 38.7 Å². The van der Waals surface area contributed by atoms with E-state index in [0.29, 0.717) is 35.2 Å². The molecule has 1 atom stereocenters. The molecular weight excluding hydrogens is 640 g/mol. The summed E-state index contributed by atoms with van der Waals surface area (Å²) in [6.45, 7) is 8.48. The first-order valence-electron chi connectivity index (χ1n) is 12.3. The van der Waals surface area contributed by atoms with Crippen LogP contribution in [0.2, 0.25) is 0 Å². The first-order valence-corrected chi connectivity index (χ1v) is 14.4. The van der Waals surface area contributed by atoms with Crippen LogP contribution in [0.15, 0.2) is 33.2 Å². The number of alkyl halides is 1. The third kappa shape index (κ3) is 10.6. The van der Waals surface area contributed by atoms with E-state index in [9.17, 15) is 19.5 Å². The highest BCUT2D eigenvalue weighted by Crippen LogP contribution is 2.32. The number of hydrogen-bond acceptors (Lipinski definition) is 6. The highest BCUT2D eigenvalue weighted by atomic mass is 79.9. The van der Waals surface area contributed by atoms with Gasteiger partial charge in [0.2, 0.25) is 0 Å². The zero-order valence-corrected chi connectivity index (χ0v) is 26.5. The van der Waals surface area contributed by atoms with Gasteiger partial charge in [-0.2, -0.15) is 0 Å². The van der Waals surface area contributed by atoms with Gasteiger partial charge in [0, 0.05) is 45.2 Å². The Morgan fingerprint density at radius 3 is 2.18 bits per heavy atom. The lowest BCUT2D eigenvalue weighted by molar-refractivity contribution is -0.117. The number of Topliss-reactive ketones (excluding diaryl/α,β-unsaturated/α-hetero) is 1. The molecule has 0 amide bonds. The molecule has 0 spiro atoms. The second-order valence-corrected chi connectivity index (χ2v) is 11.3. The molecule has 0 bridgehead atoms. The molecule has 2 aromatic carbocycles. The van der Waals surface area contributed by atoms with Gasteiger partial charge in [-0.3, -0.25) is 0 Å². The van der Waals surface area contributed by atoms with Gasteiger partial charge >= 0.3 is 11.9 Å². The number of aromatic carboxylic acids is 1. The number of halogens is 3. The van der Waals surface area contributed by atoms with Crippen LogP contribution in [0.5, 0.6) is 0 Å². The smallest absolute Gasteiger partial charge is 0.338 e. The number of rotatable bonds is 6. The standard InChI is InChI=1S/C14H18BrNO2.C9H10BrNO2.C5H9ClO/c1-9-5-3-4-6-16(9)13-8-11(15)7-12(10(13)2)14(17)18;1-5-7(9(12)13-2)3-6(10)4-8(5)11;1-5(7)3-2-4-6/h7-9H,3-6H2,1-2H3,(H,17,18);3-4H,11H2,1-2H3;2-4H2,1H3. The van der Waals surface area contributed by atoms with E-state index >= 15 is 0 Å². The summed E-state index contributed by atoms with van der Waals surface area (Å²) in [6.07, 6.45) is 5.06. The molecule has 3 rings (SSSR count). The van der Waals surface area contributed by atoms with Gasteiger partial charge in [0.1, 0.15) is 5.78 Å². The molecule has 2 aromatic rings. The summed E-state index contributed by atoms with van der Waals surface area (Å²) in [5.41, 5.74) is 9.79. The highest BCUT2D eigenvalue weighted by molar-refractivity contribution is 9.10. The van der Waals surface area contributed by atoms with E-state index in [4.69, 9.17) is 17.3 Å². The second-order valence-electron chi connectivity index (χ2n) is 9.09. The molecule has 0 aromatic heterocycles. The lowest BCUT2D eigenvalue weighted by Crippen LogP contribution is -2.38. The minimum absolute atomic E-state index is 0.223. The van der Waals surface area contributed by atoms with Crippen LogP contribution in [0.25, 0.3) is 0 Å². The number of carboxylic acids is 1. The maximum Gasteiger partial charge on any atom is 0.338 e. The molecule has 1 aliphatic heterocycles. The number of carboxylic acid groups (broad SMARTS) is 1. The lowest BCUT2D eigenvalue weighted by Gasteiger charge is -2.36. The fraction of sp³-hybridized carbons (Fsp3) is 0.464. The minimum Gasteiger partial charge on any atom is -0.478 e. The summed E-state index contributed by atoms with van der Waals surface area (Å²) in [6, 6.07) is 7.63. The molecular formula is C28H37Br2ClN2O5. The van der Waals surface area contributed by atoms with E-state index in [2.05, 4.69) is 48.4 Å². The van der Waals surface area contributed by atoms with Gasteiger partial charge in [-0.1, -0.05) is 31.9 Å². The maximum atomic E-state index is 11.3. The first kappa shape index (κ1) is 33.9. The van der Waals surface area contributed by atoms with E-state index in [1.54, 1.807) is 32.0 Å². The van der Waals surface area contributed by atoms with Crippen LogP contribution >= 0.6 is 43.5 Å². The average Bonchev–Trinajstić information content (AvgIpc) is 2.86. The summed E-state index contributed by atoms with van der Waals surface area (Å²) in [5.74, 6) is -0.412. The molecule has 210 valence electrons. The zero-order valence-electron chi connectivity index (χ0n) is 22.6. The Kier molecular flexibility index (Phi) is 15.0. The van der Waals surface area contributed by atoms with Crippen molar-refractivity contribution in [3.05, 3.63) is 55.5 Å². The molecule has 38 heavy (non-hydrogen) atoms. The fourth-order valence-corrected chi connectivity index (χ4v) is 5.03. The average molecular weight is 677 g/mol. The first-order chi connectivity index (χ1) is 17.8. The maximum absolute atomic E-state index is 11.3. The van der Waals surface area contributed by atoms with Crippen LogP contribution in [0.4, 0.5) is 11.4 Å². The number of methoxy groups -OCH3 is 1. The van der Waals surface area contributed by atoms with Gasteiger partial charge in [0.15, 0.2) is 0 Å². The monoisotopic (exact) mass is 674 g/mol. The summed E-state index contributed by atoms with van der Waals surface area (Å²) in [5, 5.41) is 9.24. The van der Waals surface area contributed by atoms with Gasteiger partial charge in [-0.25, -0.2) is 9.59 Å². The number of carbonyl (C=O) groups is 3. The summed E-state index contributed by atoms with van der Waals surface area (Å²) >= 11 is 12.0. The highest BCUT2D eigenvalue weighted by Gasteiger charge is 2.22. The van der Waals surface area contributed by atoms with Crippen molar-refractivity contribution in [3.8, 4) is 0 Å². The predicted octanol–water partition coefficient (Wildman–Crippen LogP) is 7.56. The van der Waals surface area contributed by atoms with Gasteiger partial charge < -0.3 is 25.3 Å². The molecule has 1 saturated heterocycles. The Morgan fingerprint density at radius 1 is 1.08 bits per heavy atom. The number of esters is 1. The molecule has 1 fully saturated rings.